The van der Waals surface area contributed by atoms with Gasteiger partial charge in [-0.3, -0.25) is 0 Å². The van der Waals surface area contributed by atoms with Crippen molar-refractivity contribution in [2.45, 2.75) is 7.43 Å². The van der Waals surface area contributed by atoms with Gasteiger partial charge in [-0.05, 0) is 0 Å². The maximum Gasteiger partial charge on any atom is 0.487 e. The molecule has 0 N–H and O–H groups in total. The van der Waals surface area contributed by atoms with Crippen molar-refractivity contribution in [1.29, 1.82) is 0 Å². The first-order valence-corrected chi connectivity index (χ1v) is 0.567. The monoisotopic (exact) mass is 85.0 g/mol. The van der Waals surface area contributed by atoms with Crippen LogP contribution in [0.3, 0.4) is 0 Å². The Balaban J connectivity index is 0. The largest absolute Gasteiger partial charge is 0.487 e. The smallest absolute Gasteiger partial charge is 0.162 e. The fraction of sp³-hybridized carbons (Fsp3) is 0.500. The molecule has 33 valence electrons. The van der Waals surface area contributed by atoms with E-state index in [1.54, 1.807) is 0 Å². The normalized spacial score (nSPS) is 7.20. The summed E-state index contributed by atoms with van der Waals surface area (Å²) in [6, 6.07) is 0. The minimum atomic E-state index is -3.08. The van der Waals surface area contributed by atoms with Crippen LogP contribution in [-0.2, 0) is 0 Å². The van der Waals surface area contributed by atoms with Gasteiger partial charge < -0.3 is 0 Å². The predicted octanol–water partition coefficient (Wildman–Crippen LogP) is 1.98. The number of rotatable bonds is 0. The third-order valence-electron chi connectivity index (χ3n) is 0. The molecule has 5 heavy (non-hydrogen) atoms. The molecule has 3 heteroatoms. The fourth-order valence-corrected chi connectivity index (χ4v) is 0. The average molecular weight is 85.0 g/mol. The van der Waals surface area contributed by atoms with E-state index in [0.717, 1.165) is 0 Å². The lowest BCUT2D eigenvalue weighted by Gasteiger charge is -1.60. The van der Waals surface area contributed by atoms with Gasteiger partial charge in [0.05, 0.1) is 0 Å². The van der Waals surface area contributed by atoms with Crippen molar-refractivity contribution in [3.8, 4) is 0 Å². The second-order valence-corrected chi connectivity index (χ2v) is 0.214. The quantitative estimate of drug-likeness (QED) is 0.422. The molecule has 1 radical (unpaired) electrons. The molecular weight excluding hydrogens is 81.0 g/mol. The summed E-state index contributed by atoms with van der Waals surface area (Å²) in [4.78, 5) is 0. The molecule has 0 rings (SSSR count). The standard InChI is InChI=1S/CF3.CH4/c2-1(3)4;/h;1H4. The van der Waals surface area contributed by atoms with Gasteiger partial charge in [0.25, 0.3) is 0 Å². The van der Waals surface area contributed by atoms with Gasteiger partial charge in [-0.1, -0.05) is 7.43 Å². The summed E-state index contributed by atoms with van der Waals surface area (Å²) in [5.41, 5.74) is 0. The SMILES string of the molecule is C.F[C](F)F. The number of hydrogen-bond acceptors (Lipinski definition) is 0. The van der Waals surface area contributed by atoms with Crippen LogP contribution in [0, 0.1) is 6.68 Å². The van der Waals surface area contributed by atoms with Crippen LogP contribution >= 0.6 is 0 Å². The lowest BCUT2D eigenvalue weighted by molar-refractivity contribution is 0.142. The Morgan fingerprint density at radius 1 is 1.00 bits per heavy atom. The first-order chi connectivity index (χ1) is 1.73. The fourth-order valence-electron chi connectivity index (χ4n) is 0. The Bertz CT molecular complexity index is 9.61. The second kappa shape index (κ2) is 3.79. The zero-order chi connectivity index (χ0) is 3.58. The lowest BCUT2D eigenvalue weighted by atomic mass is 11.6. The molecular formula is C2H4F3. The zero-order valence-corrected chi connectivity index (χ0v) is 1.63. The number of hydrogen-bond donors (Lipinski definition) is 0. The van der Waals surface area contributed by atoms with Gasteiger partial charge in [-0.15, -0.1) is 0 Å². The first kappa shape index (κ1) is 8.84. The molecule has 0 aromatic carbocycles. The summed E-state index contributed by atoms with van der Waals surface area (Å²) < 4.78 is 28.8. The van der Waals surface area contributed by atoms with E-state index >= 15 is 0 Å². The van der Waals surface area contributed by atoms with E-state index in [9.17, 15) is 13.2 Å². The molecule has 0 bridgehead atoms. The molecule has 0 atom stereocenters. The summed E-state index contributed by atoms with van der Waals surface area (Å²) in [6.45, 7) is -3.08. The van der Waals surface area contributed by atoms with Crippen LogP contribution < -0.4 is 0 Å². The third kappa shape index (κ3) is 275. The molecule has 0 saturated carbocycles. The molecule has 0 nitrogen and oxygen atoms in total. The molecule has 0 amide bonds. The van der Waals surface area contributed by atoms with E-state index in [-0.39, 0.29) is 7.43 Å². The topological polar surface area (TPSA) is 0 Å². The van der Waals surface area contributed by atoms with Crippen LogP contribution in [-0.4, -0.2) is 0 Å². The maximum absolute atomic E-state index is 9.58. The highest BCUT2D eigenvalue weighted by Gasteiger charge is 1.93. The van der Waals surface area contributed by atoms with Crippen molar-refractivity contribution in [3.05, 3.63) is 6.68 Å². The molecule has 0 heterocycles. The van der Waals surface area contributed by atoms with Gasteiger partial charge in [-0.2, -0.15) is 13.2 Å². The molecule has 0 fully saturated rings. The Morgan fingerprint density at radius 2 is 1.00 bits per heavy atom. The van der Waals surface area contributed by atoms with Crippen LogP contribution in [0.2, 0.25) is 0 Å². The first-order valence-electron chi connectivity index (χ1n) is 0.567. The van der Waals surface area contributed by atoms with E-state index in [4.69, 9.17) is 0 Å². The highest BCUT2D eigenvalue weighted by atomic mass is 19.4. The highest BCUT2D eigenvalue weighted by Crippen LogP contribution is 1.99. The highest BCUT2D eigenvalue weighted by molar-refractivity contribution is 4.21. The molecule has 0 aliphatic carbocycles. The van der Waals surface area contributed by atoms with Gasteiger partial charge in [-0.25, -0.2) is 0 Å². The van der Waals surface area contributed by atoms with Crippen molar-refractivity contribution in [1.82, 2.24) is 0 Å². The Morgan fingerprint density at radius 3 is 1.00 bits per heavy atom. The zero-order valence-electron chi connectivity index (χ0n) is 1.63. The molecule has 0 aromatic rings. The van der Waals surface area contributed by atoms with Gasteiger partial charge in [0.15, 0.2) is 0 Å². The third-order valence-corrected chi connectivity index (χ3v) is 0. The summed E-state index contributed by atoms with van der Waals surface area (Å²) >= 11 is 0. The van der Waals surface area contributed by atoms with Crippen LogP contribution in [0.1, 0.15) is 7.43 Å². The summed E-state index contributed by atoms with van der Waals surface area (Å²) in [5, 5.41) is 0. The second-order valence-electron chi connectivity index (χ2n) is 0.214. The number of halogens is 3. The van der Waals surface area contributed by atoms with Crippen LogP contribution in [0.5, 0.6) is 0 Å². The Hall–Kier alpha value is -0.210. The van der Waals surface area contributed by atoms with Gasteiger partial charge in [0, 0.05) is 0 Å². The molecule has 0 saturated heterocycles. The average Bonchev–Trinajstić information content (AvgIpc) is 0.811. The van der Waals surface area contributed by atoms with Crippen molar-refractivity contribution >= 4 is 0 Å². The summed E-state index contributed by atoms with van der Waals surface area (Å²) in [7, 11) is 0. The summed E-state index contributed by atoms with van der Waals surface area (Å²) in [5.74, 6) is 0. The minimum absolute atomic E-state index is 0. The van der Waals surface area contributed by atoms with E-state index in [1.165, 1.54) is 0 Å². The van der Waals surface area contributed by atoms with Gasteiger partial charge >= 0.3 is 6.68 Å². The van der Waals surface area contributed by atoms with Gasteiger partial charge in [0.1, 0.15) is 0 Å². The van der Waals surface area contributed by atoms with Crippen LogP contribution in [0.25, 0.3) is 0 Å². The Kier molecular flexibility index (Phi) is 6.70. The van der Waals surface area contributed by atoms with E-state index in [0.29, 0.717) is 0 Å². The summed E-state index contributed by atoms with van der Waals surface area (Å²) in [6.07, 6.45) is 0. The van der Waals surface area contributed by atoms with Crippen molar-refractivity contribution in [2.75, 3.05) is 0 Å². The van der Waals surface area contributed by atoms with E-state index in [2.05, 4.69) is 0 Å². The molecule has 0 aromatic heterocycles. The molecule has 0 unspecified atom stereocenters. The molecule has 0 spiro atoms. The van der Waals surface area contributed by atoms with Crippen molar-refractivity contribution < 1.29 is 13.2 Å². The van der Waals surface area contributed by atoms with E-state index < -0.39 is 6.68 Å². The molecule has 0 aliphatic rings. The lowest BCUT2D eigenvalue weighted by Crippen LogP contribution is -1.49. The predicted molar refractivity (Wildman–Crippen MR) is 13.3 cm³/mol. The Labute approximate surface area is 28.6 Å². The van der Waals surface area contributed by atoms with Crippen molar-refractivity contribution in [3.63, 3.8) is 0 Å². The molecule has 0 aliphatic heterocycles. The maximum atomic E-state index is 9.58. The van der Waals surface area contributed by atoms with Crippen LogP contribution in [0.4, 0.5) is 13.2 Å². The van der Waals surface area contributed by atoms with E-state index in [1.807, 2.05) is 0 Å². The van der Waals surface area contributed by atoms with Crippen molar-refractivity contribution in [2.24, 2.45) is 0 Å². The van der Waals surface area contributed by atoms with Gasteiger partial charge in [0.2, 0.25) is 0 Å². The minimum Gasteiger partial charge on any atom is -0.162 e. The van der Waals surface area contributed by atoms with Crippen LogP contribution in [0.15, 0.2) is 0 Å².